The molecule has 148 valence electrons. The standard InChI is InChI=1S/C24H26N4O/c29-24(28-17-15-27(16-18-28)22-9-5-2-6-10-22)23-19-21(12-14-26-23)25-13-11-20-7-3-1-4-8-20/h1-10,12,14,19H,11,13,15-18H2,(H,25,26). The van der Waals surface area contributed by atoms with Crippen molar-refractivity contribution >= 4 is 17.3 Å². The normalized spacial score (nSPS) is 13.9. The summed E-state index contributed by atoms with van der Waals surface area (Å²) >= 11 is 0. The lowest BCUT2D eigenvalue weighted by atomic mass is 10.1. The molecule has 0 atom stereocenters. The predicted octanol–water partition coefficient (Wildman–Crippen LogP) is 3.70. The van der Waals surface area contributed by atoms with Gasteiger partial charge in [-0.15, -0.1) is 0 Å². The molecule has 0 spiro atoms. The highest BCUT2D eigenvalue weighted by atomic mass is 16.2. The third-order valence-corrected chi connectivity index (χ3v) is 5.25. The van der Waals surface area contributed by atoms with Gasteiger partial charge in [0.1, 0.15) is 5.69 Å². The largest absolute Gasteiger partial charge is 0.385 e. The fourth-order valence-corrected chi connectivity index (χ4v) is 3.62. The molecule has 5 nitrogen and oxygen atoms in total. The number of carbonyl (C=O) groups is 1. The van der Waals surface area contributed by atoms with E-state index in [0.717, 1.165) is 31.7 Å². The number of carbonyl (C=O) groups excluding carboxylic acids is 1. The summed E-state index contributed by atoms with van der Waals surface area (Å²) in [6.07, 6.45) is 2.65. The Labute approximate surface area is 172 Å². The van der Waals surface area contributed by atoms with Gasteiger partial charge in [0.05, 0.1) is 0 Å². The highest BCUT2D eigenvalue weighted by Gasteiger charge is 2.23. The number of benzene rings is 2. The Bertz CT molecular complexity index is 922. The van der Waals surface area contributed by atoms with E-state index in [1.54, 1.807) is 6.20 Å². The third kappa shape index (κ3) is 4.93. The van der Waals surface area contributed by atoms with E-state index in [0.29, 0.717) is 18.8 Å². The second-order valence-corrected chi connectivity index (χ2v) is 7.21. The number of anilines is 2. The maximum absolute atomic E-state index is 12.9. The van der Waals surface area contributed by atoms with Crippen LogP contribution in [0.3, 0.4) is 0 Å². The van der Waals surface area contributed by atoms with Gasteiger partial charge >= 0.3 is 0 Å². The molecule has 4 rings (SSSR count). The Hall–Kier alpha value is -3.34. The summed E-state index contributed by atoms with van der Waals surface area (Å²) in [4.78, 5) is 21.4. The number of hydrogen-bond donors (Lipinski definition) is 1. The molecule has 0 unspecified atom stereocenters. The van der Waals surface area contributed by atoms with Crippen molar-refractivity contribution in [2.24, 2.45) is 0 Å². The Balaban J connectivity index is 1.31. The minimum Gasteiger partial charge on any atom is -0.385 e. The van der Waals surface area contributed by atoms with Crippen LogP contribution in [-0.4, -0.2) is 48.5 Å². The zero-order valence-corrected chi connectivity index (χ0v) is 16.5. The number of para-hydroxylation sites is 1. The Morgan fingerprint density at radius 1 is 0.897 bits per heavy atom. The van der Waals surface area contributed by atoms with E-state index in [9.17, 15) is 4.79 Å². The molecule has 1 amide bonds. The van der Waals surface area contributed by atoms with Gasteiger partial charge in [-0.05, 0) is 36.2 Å². The predicted molar refractivity (Wildman–Crippen MR) is 117 cm³/mol. The van der Waals surface area contributed by atoms with Gasteiger partial charge in [0.25, 0.3) is 5.91 Å². The molecule has 1 fully saturated rings. The van der Waals surface area contributed by atoms with E-state index in [-0.39, 0.29) is 5.91 Å². The molecule has 1 aliphatic heterocycles. The van der Waals surface area contributed by atoms with Crippen molar-refractivity contribution in [3.05, 3.63) is 90.3 Å². The van der Waals surface area contributed by atoms with Crippen LogP contribution in [0.25, 0.3) is 0 Å². The summed E-state index contributed by atoms with van der Waals surface area (Å²) in [5, 5.41) is 3.40. The maximum atomic E-state index is 12.9. The van der Waals surface area contributed by atoms with Gasteiger partial charge in [0.15, 0.2) is 0 Å². The van der Waals surface area contributed by atoms with E-state index < -0.39 is 0 Å². The smallest absolute Gasteiger partial charge is 0.272 e. The Morgan fingerprint density at radius 2 is 1.59 bits per heavy atom. The first-order valence-electron chi connectivity index (χ1n) is 10.1. The number of nitrogens with one attached hydrogen (secondary N) is 1. The second-order valence-electron chi connectivity index (χ2n) is 7.21. The molecule has 2 aromatic carbocycles. The molecule has 0 radical (unpaired) electrons. The van der Waals surface area contributed by atoms with Gasteiger partial charge in [0.2, 0.25) is 0 Å². The monoisotopic (exact) mass is 386 g/mol. The summed E-state index contributed by atoms with van der Waals surface area (Å²) in [6, 6.07) is 24.5. The Kier molecular flexibility index (Phi) is 6.05. The summed E-state index contributed by atoms with van der Waals surface area (Å²) in [7, 11) is 0. The average molecular weight is 386 g/mol. The van der Waals surface area contributed by atoms with Crippen LogP contribution in [0.15, 0.2) is 79.0 Å². The van der Waals surface area contributed by atoms with Gasteiger partial charge in [-0.1, -0.05) is 48.5 Å². The topological polar surface area (TPSA) is 48.5 Å². The molecule has 2 heterocycles. The van der Waals surface area contributed by atoms with Crippen LogP contribution in [-0.2, 0) is 6.42 Å². The lowest BCUT2D eigenvalue weighted by Gasteiger charge is -2.36. The number of rotatable bonds is 6. The van der Waals surface area contributed by atoms with E-state index in [2.05, 4.69) is 51.6 Å². The molecule has 1 aromatic heterocycles. The van der Waals surface area contributed by atoms with Crippen molar-refractivity contribution in [2.45, 2.75) is 6.42 Å². The van der Waals surface area contributed by atoms with Crippen LogP contribution in [0.2, 0.25) is 0 Å². The molecule has 1 N–H and O–H groups in total. The van der Waals surface area contributed by atoms with Gasteiger partial charge < -0.3 is 15.1 Å². The molecular formula is C24H26N4O. The molecule has 3 aromatic rings. The van der Waals surface area contributed by atoms with Crippen LogP contribution in [0, 0.1) is 0 Å². The van der Waals surface area contributed by atoms with Crippen molar-refractivity contribution in [2.75, 3.05) is 42.9 Å². The number of pyridine rings is 1. The first-order valence-corrected chi connectivity index (χ1v) is 10.1. The van der Waals surface area contributed by atoms with Crippen LogP contribution in [0.4, 0.5) is 11.4 Å². The van der Waals surface area contributed by atoms with Gasteiger partial charge in [-0.25, -0.2) is 0 Å². The van der Waals surface area contributed by atoms with Crippen LogP contribution in [0.1, 0.15) is 16.1 Å². The van der Waals surface area contributed by atoms with Gasteiger partial charge in [-0.3, -0.25) is 9.78 Å². The van der Waals surface area contributed by atoms with Crippen LogP contribution in [0.5, 0.6) is 0 Å². The molecule has 0 bridgehead atoms. The number of hydrogen-bond acceptors (Lipinski definition) is 4. The summed E-state index contributed by atoms with van der Waals surface area (Å²) in [6.45, 7) is 3.91. The fourth-order valence-electron chi connectivity index (χ4n) is 3.62. The van der Waals surface area contributed by atoms with E-state index in [1.165, 1.54) is 11.3 Å². The summed E-state index contributed by atoms with van der Waals surface area (Å²) in [5.41, 5.74) is 3.94. The molecule has 0 aliphatic carbocycles. The van der Waals surface area contributed by atoms with Crippen LogP contribution >= 0.6 is 0 Å². The highest BCUT2D eigenvalue weighted by molar-refractivity contribution is 5.93. The molecule has 0 saturated carbocycles. The fraction of sp³-hybridized carbons (Fsp3) is 0.250. The zero-order chi connectivity index (χ0) is 19.9. The second kappa shape index (κ2) is 9.24. The molecule has 1 aliphatic rings. The third-order valence-electron chi connectivity index (χ3n) is 5.25. The van der Waals surface area contributed by atoms with Gasteiger partial charge in [0, 0.05) is 50.3 Å². The number of nitrogens with zero attached hydrogens (tertiary/aromatic N) is 3. The average Bonchev–Trinajstić information content (AvgIpc) is 2.80. The zero-order valence-electron chi connectivity index (χ0n) is 16.5. The molecule has 1 saturated heterocycles. The molecule has 29 heavy (non-hydrogen) atoms. The van der Waals surface area contributed by atoms with Crippen molar-refractivity contribution in [3.8, 4) is 0 Å². The highest BCUT2D eigenvalue weighted by Crippen LogP contribution is 2.17. The van der Waals surface area contributed by atoms with E-state index in [4.69, 9.17) is 0 Å². The quantitative estimate of drug-likeness (QED) is 0.702. The summed E-state index contributed by atoms with van der Waals surface area (Å²) < 4.78 is 0. The lowest BCUT2D eigenvalue weighted by molar-refractivity contribution is 0.0741. The minimum atomic E-state index is 0.00409. The van der Waals surface area contributed by atoms with Crippen LogP contribution < -0.4 is 10.2 Å². The molecule has 5 heteroatoms. The minimum absolute atomic E-state index is 0.00409. The van der Waals surface area contributed by atoms with Crippen molar-refractivity contribution in [1.29, 1.82) is 0 Å². The lowest BCUT2D eigenvalue weighted by Crippen LogP contribution is -2.49. The first-order chi connectivity index (χ1) is 14.3. The van der Waals surface area contributed by atoms with E-state index >= 15 is 0 Å². The number of aromatic nitrogens is 1. The van der Waals surface area contributed by atoms with Gasteiger partial charge in [-0.2, -0.15) is 0 Å². The molecular weight excluding hydrogens is 360 g/mol. The SMILES string of the molecule is O=C(c1cc(NCCc2ccccc2)ccn1)N1CCN(c2ccccc2)CC1. The summed E-state index contributed by atoms with van der Waals surface area (Å²) in [5.74, 6) is 0.00409. The number of piperazine rings is 1. The van der Waals surface area contributed by atoms with Crippen molar-refractivity contribution in [1.82, 2.24) is 9.88 Å². The first kappa shape index (κ1) is 19.0. The maximum Gasteiger partial charge on any atom is 0.272 e. The van der Waals surface area contributed by atoms with Crippen molar-refractivity contribution < 1.29 is 4.79 Å². The number of amides is 1. The van der Waals surface area contributed by atoms with Crippen molar-refractivity contribution in [3.63, 3.8) is 0 Å². The van der Waals surface area contributed by atoms with E-state index in [1.807, 2.05) is 41.3 Å². The Morgan fingerprint density at radius 3 is 2.31 bits per heavy atom.